The van der Waals surface area contributed by atoms with Crippen LogP contribution in [0.1, 0.15) is 36.3 Å². The Hall–Kier alpha value is -2.17. The molecule has 108 valence electrons. The summed E-state index contributed by atoms with van der Waals surface area (Å²) in [6, 6.07) is 8.20. The summed E-state index contributed by atoms with van der Waals surface area (Å²) in [5.74, 6) is 0.370. The van der Waals surface area contributed by atoms with Crippen LogP contribution < -0.4 is 4.90 Å². The lowest BCUT2D eigenvalue weighted by Crippen LogP contribution is -2.30. The molecule has 2 aliphatic carbocycles. The van der Waals surface area contributed by atoms with Crippen molar-refractivity contribution in [2.75, 3.05) is 11.4 Å². The largest absolute Gasteiger partial charge is 0.475 e. The highest BCUT2D eigenvalue weighted by Crippen LogP contribution is 2.39. The average Bonchev–Trinajstić information content (AvgIpc) is 3.37. The Morgan fingerprint density at radius 2 is 1.95 bits per heavy atom. The molecule has 1 N–H and O–H groups in total. The van der Waals surface area contributed by atoms with E-state index in [0.717, 1.165) is 23.7 Å². The molecule has 5 nitrogen and oxygen atoms in total. The second-order valence-electron chi connectivity index (χ2n) is 6.02. The van der Waals surface area contributed by atoms with Crippen LogP contribution in [-0.2, 0) is 0 Å². The molecule has 5 heteroatoms. The highest BCUT2D eigenvalue weighted by molar-refractivity contribution is 5.94. The fraction of sp³-hybridized carbons (Fsp3) is 0.438. The first-order valence-electron chi connectivity index (χ1n) is 7.49. The van der Waals surface area contributed by atoms with E-state index in [1.54, 1.807) is 0 Å². The molecule has 2 saturated carbocycles. The van der Waals surface area contributed by atoms with E-state index in [2.05, 4.69) is 14.9 Å². The number of hydrogen-bond acceptors (Lipinski definition) is 4. The van der Waals surface area contributed by atoms with Gasteiger partial charge in [-0.3, -0.25) is 0 Å². The van der Waals surface area contributed by atoms with Crippen molar-refractivity contribution in [2.24, 2.45) is 5.92 Å². The SMILES string of the molecule is O=C(O)c1nc(N(CC2CC2)C2CC2)c2ccccc2n1. The first-order chi connectivity index (χ1) is 10.2. The fourth-order valence-electron chi connectivity index (χ4n) is 2.75. The van der Waals surface area contributed by atoms with E-state index in [4.69, 9.17) is 0 Å². The van der Waals surface area contributed by atoms with E-state index in [1.807, 2.05) is 24.3 Å². The molecule has 0 saturated heterocycles. The third-order valence-corrected chi connectivity index (χ3v) is 4.19. The summed E-state index contributed by atoms with van der Waals surface area (Å²) >= 11 is 0. The molecule has 1 aromatic heterocycles. The van der Waals surface area contributed by atoms with Crippen molar-refractivity contribution in [3.63, 3.8) is 0 Å². The van der Waals surface area contributed by atoms with Gasteiger partial charge in [0.1, 0.15) is 5.82 Å². The zero-order valence-corrected chi connectivity index (χ0v) is 11.7. The van der Waals surface area contributed by atoms with Crippen LogP contribution in [0.4, 0.5) is 5.82 Å². The van der Waals surface area contributed by atoms with Gasteiger partial charge in [-0.15, -0.1) is 0 Å². The van der Waals surface area contributed by atoms with E-state index in [9.17, 15) is 9.90 Å². The molecule has 4 rings (SSSR count). The molecule has 0 aliphatic heterocycles. The van der Waals surface area contributed by atoms with Crippen LogP contribution in [0, 0.1) is 5.92 Å². The molecule has 0 bridgehead atoms. The van der Waals surface area contributed by atoms with Gasteiger partial charge in [0.25, 0.3) is 0 Å². The fourth-order valence-corrected chi connectivity index (χ4v) is 2.75. The van der Waals surface area contributed by atoms with E-state index >= 15 is 0 Å². The van der Waals surface area contributed by atoms with Gasteiger partial charge < -0.3 is 10.0 Å². The van der Waals surface area contributed by atoms with Gasteiger partial charge in [-0.25, -0.2) is 14.8 Å². The lowest BCUT2D eigenvalue weighted by Gasteiger charge is -2.25. The van der Waals surface area contributed by atoms with Gasteiger partial charge >= 0.3 is 5.97 Å². The second kappa shape index (κ2) is 4.69. The van der Waals surface area contributed by atoms with Crippen LogP contribution in [0.15, 0.2) is 24.3 Å². The normalized spacial score (nSPS) is 17.9. The summed E-state index contributed by atoms with van der Waals surface area (Å²) in [4.78, 5) is 22.1. The van der Waals surface area contributed by atoms with Gasteiger partial charge in [0.15, 0.2) is 0 Å². The standard InChI is InChI=1S/C16H17N3O2/c20-16(21)14-17-13-4-2-1-3-12(13)15(18-14)19(11-7-8-11)9-10-5-6-10/h1-4,10-11H,5-9H2,(H,20,21). The van der Waals surface area contributed by atoms with Gasteiger partial charge in [0, 0.05) is 18.0 Å². The van der Waals surface area contributed by atoms with E-state index in [1.165, 1.54) is 25.7 Å². The zero-order chi connectivity index (χ0) is 14.4. The maximum Gasteiger partial charge on any atom is 0.374 e. The quantitative estimate of drug-likeness (QED) is 0.914. The minimum atomic E-state index is -1.07. The number of benzene rings is 1. The Morgan fingerprint density at radius 1 is 1.19 bits per heavy atom. The van der Waals surface area contributed by atoms with Crippen LogP contribution in [-0.4, -0.2) is 33.6 Å². The Bertz CT molecular complexity index is 708. The summed E-state index contributed by atoms with van der Waals surface area (Å²) in [6.07, 6.45) is 4.90. The maximum atomic E-state index is 11.3. The highest BCUT2D eigenvalue weighted by Gasteiger charge is 2.35. The average molecular weight is 283 g/mol. The van der Waals surface area contributed by atoms with E-state index < -0.39 is 5.97 Å². The lowest BCUT2D eigenvalue weighted by molar-refractivity contribution is 0.0684. The monoisotopic (exact) mass is 283 g/mol. The van der Waals surface area contributed by atoms with Gasteiger partial charge in [0.2, 0.25) is 5.82 Å². The lowest BCUT2D eigenvalue weighted by atomic mass is 10.2. The number of aromatic nitrogens is 2. The molecule has 0 amide bonds. The Balaban J connectivity index is 1.85. The van der Waals surface area contributed by atoms with Crippen LogP contribution in [0.5, 0.6) is 0 Å². The zero-order valence-electron chi connectivity index (χ0n) is 11.7. The summed E-state index contributed by atoms with van der Waals surface area (Å²) < 4.78 is 0. The molecule has 0 spiro atoms. The smallest absolute Gasteiger partial charge is 0.374 e. The van der Waals surface area contributed by atoms with Gasteiger partial charge in [-0.1, -0.05) is 12.1 Å². The Kier molecular flexibility index (Phi) is 2.80. The van der Waals surface area contributed by atoms with Gasteiger partial charge in [-0.05, 0) is 43.7 Å². The molecule has 0 atom stereocenters. The molecular formula is C16H17N3O2. The van der Waals surface area contributed by atoms with Crippen molar-refractivity contribution in [3.8, 4) is 0 Å². The molecule has 1 heterocycles. The predicted molar refractivity (Wildman–Crippen MR) is 79.6 cm³/mol. The number of anilines is 1. The maximum absolute atomic E-state index is 11.3. The van der Waals surface area contributed by atoms with E-state index in [-0.39, 0.29) is 5.82 Å². The minimum absolute atomic E-state index is 0.106. The molecule has 2 aromatic rings. The number of rotatable bonds is 5. The molecule has 1 aromatic carbocycles. The van der Waals surface area contributed by atoms with E-state index in [0.29, 0.717) is 11.6 Å². The summed E-state index contributed by atoms with van der Waals surface area (Å²) in [5.41, 5.74) is 0.710. The summed E-state index contributed by atoms with van der Waals surface area (Å²) in [5, 5.41) is 10.2. The third kappa shape index (κ3) is 2.44. The molecule has 21 heavy (non-hydrogen) atoms. The number of nitrogens with zero attached hydrogens (tertiary/aromatic N) is 3. The van der Waals surface area contributed by atoms with Crippen molar-refractivity contribution >= 4 is 22.7 Å². The van der Waals surface area contributed by atoms with Crippen LogP contribution in [0.2, 0.25) is 0 Å². The van der Waals surface area contributed by atoms with Crippen molar-refractivity contribution in [2.45, 2.75) is 31.7 Å². The predicted octanol–water partition coefficient (Wildman–Crippen LogP) is 2.71. The number of carbonyl (C=O) groups is 1. The summed E-state index contributed by atoms with van der Waals surface area (Å²) in [6.45, 7) is 0.991. The molecule has 2 fully saturated rings. The first kappa shape index (κ1) is 12.6. The second-order valence-corrected chi connectivity index (χ2v) is 6.02. The molecular weight excluding hydrogens is 266 g/mol. The number of fused-ring (bicyclic) bond motifs is 1. The number of carboxylic acid groups (broad SMARTS) is 1. The van der Waals surface area contributed by atoms with Crippen LogP contribution >= 0.6 is 0 Å². The van der Waals surface area contributed by atoms with Crippen molar-refractivity contribution in [1.82, 2.24) is 9.97 Å². The summed E-state index contributed by atoms with van der Waals surface area (Å²) in [7, 11) is 0. The van der Waals surface area contributed by atoms with Crippen LogP contribution in [0.3, 0.4) is 0 Å². The highest BCUT2D eigenvalue weighted by atomic mass is 16.4. The number of hydrogen-bond donors (Lipinski definition) is 1. The minimum Gasteiger partial charge on any atom is -0.475 e. The topological polar surface area (TPSA) is 66.3 Å². The number of carboxylic acids is 1. The van der Waals surface area contributed by atoms with Crippen molar-refractivity contribution < 1.29 is 9.90 Å². The van der Waals surface area contributed by atoms with Gasteiger partial charge in [0.05, 0.1) is 5.52 Å². The van der Waals surface area contributed by atoms with Crippen molar-refractivity contribution in [3.05, 3.63) is 30.1 Å². The van der Waals surface area contributed by atoms with Crippen molar-refractivity contribution in [1.29, 1.82) is 0 Å². The molecule has 0 unspecified atom stereocenters. The Labute approximate surface area is 122 Å². The number of para-hydroxylation sites is 1. The number of aromatic carboxylic acids is 1. The third-order valence-electron chi connectivity index (χ3n) is 4.19. The molecule has 2 aliphatic rings. The van der Waals surface area contributed by atoms with Gasteiger partial charge in [-0.2, -0.15) is 0 Å². The Morgan fingerprint density at radius 3 is 2.62 bits per heavy atom. The molecule has 0 radical (unpaired) electrons. The first-order valence-corrected chi connectivity index (χ1v) is 7.49. The van der Waals surface area contributed by atoms with Crippen LogP contribution in [0.25, 0.3) is 10.9 Å².